The Bertz CT molecular complexity index is 365. The number of rotatable bonds is 5. The lowest BCUT2D eigenvalue weighted by molar-refractivity contribution is 0.139. The zero-order valence-corrected chi connectivity index (χ0v) is 11.4. The summed E-state index contributed by atoms with van der Waals surface area (Å²) in [7, 11) is 0. The van der Waals surface area contributed by atoms with E-state index in [0.29, 0.717) is 5.88 Å². The molecule has 18 heavy (non-hydrogen) atoms. The number of hydrogen-bond acceptors (Lipinski definition) is 2. The Labute approximate surface area is 113 Å². The van der Waals surface area contributed by atoms with E-state index in [1.54, 1.807) is 6.07 Å². The van der Waals surface area contributed by atoms with Crippen LogP contribution in [-0.4, -0.2) is 54.9 Å². The van der Waals surface area contributed by atoms with Crippen LogP contribution in [0.3, 0.4) is 0 Å². The highest BCUT2D eigenvalue weighted by atomic mass is 35.5. The molecule has 0 aliphatic carbocycles. The molecule has 4 heteroatoms. The number of hydrogen-bond donors (Lipinski definition) is 0. The van der Waals surface area contributed by atoms with Gasteiger partial charge in [0, 0.05) is 45.1 Å². The summed E-state index contributed by atoms with van der Waals surface area (Å²) >= 11 is 5.73. The molecule has 0 atom stereocenters. The van der Waals surface area contributed by atoms with Gasteiger partial charge < -0.3 is 4.90 Å². The third-order valence-corrected chi connectivity index (χ3v) is 3.69. The maximum Gasteiger partial charge on any atom is 0.126 e. The van der Waals surface area contributed by atoms with E-state index in [2.05, 4.69) is 9.80 Å². The average molecular weight is 271 g/mol. The molecule has 0 bridgehead atoms. The molecule has 1 aromatic rings. The van der Waals surface area contributed by atoms with Crippen molar-refractivity contribution in [2.75, 3.05) is 45.1 Å². The molecule has 1 aromatic carbocycles. The smallest absolute Gasteiger partial charge is 0.126 e. The van der Waals surface area contributed by atoms with Gasteiger partial charge in [-0.1, -0.05) is 18.2 Å². The van der Waals surface area contributed by atoms with Crippen molar-refractivity contribution in [3.8, 4) is 0 Å². The van der Waals surface area contributed by atoms with Crippen molar-refractivity contribution in [1.82, 2.24) is 9.80 Å². The molecule has 0 N–H and O–H groups in total. The highest BCUT2D eigenvalue weighted by Crippen LogP contribution is 2.09. The molecule has 0 radical (unpaired) electrons. The largest absolute Gasteiger partial charge is 0.300 e. The summed E-state index contributed by atoms with van der Waals surface area (Å²) < 4.78 is 13.5. The van der Waals surface area contributed by atoms with Crippen LogP contribution in [0.2, 0.25) is 0 Å². The lowest BCUT2D eigenvalue weighted by atomic mass is 10.1. The summed E-state index contributed by atoms with van der Waals surface area (Å²) in [6.07, 6.45) is 0.794. The Balaban J connectivity index is 1.74. The minimum atomic E-state index is -0.0849. The van der Waals surface area contributed by atoms with Crippen molar-refractivity contribution in [2.24, 2.45) is 0 Å². The fourth-order valence-corrected chi connectivity index (χ4v) is 2.57. The lowest BCUT2D eigenvalue weighted by Crippen LogP contribution is -2.47. The average Bonchev–Trinajstić information content (AvgIpc) is 2.40. The molecule has 1 fully saturated rings. The molecule has 0 saturated carbocycles. The van der Waals surface area contributed by atoms with Crippen LogP contribution >= 0.6 is 11.6 Å². The van der Waals surface area contributed by atoms with Gasteiger partial charge in [-0.05, 0) is 18.1 Å². The van der Waals surface area contributed by atoms with Crippen LogP contribution in [0.4, 0.5) is 4.39 Å². The molecule has 100 valence electrons. The third kappa shape index (κ3) is 3.94. The van der Waals surface area contributed by atoms with E-state index in [4.69, 9.17) is 11.6 Å². The van der Waals surface area contributed by atoms with Gasteiger partial charge in [-0.3, -0.25) is 4.90 Å². The van der Waals surface area contributed by atoms with Gasteiger partial charge in [0.25, 0.3) is 0 Å². The summed E-state index contributed by atoms with van der Waals surface area (Å²) in [5, 5.41) is 0. The minimum absolute atomic E-state index is 0.0849. The van der Waals surface area contributed by atoms with Gasteiger partial charge in [0.05, 0.1) is 0 Å². The Morgan fingerprint density at radius 2 is 1.61 bits per heavy atom. The van der Waals surface area contributed by atoms with Gasteiger partial charge in [-0.15, -0.1) is 11.6 Å². The van der Waals surface area contributed by atoms with E-state index >= 15 is 0 Å². The van der Waals surface area contributed by atoms with Crippen molar-refractivity contribution < 1.29 is 4.39 Å². The second kappa shape index (κ2) is 7.07. The van der Waals surface area contributed by atoms with Gasteiger partial charge >= 0.3 is 0 Å². The number of alkyl halides is 1. The van der Waals surface area contributed by atoms with Gasteiger partial charge in [0.15, 0.2) is 0 Å². The quantitative estimate of drug-likeness (QED) is 0.757. The predicted molar refractivity (Wildman–Crippen MR) is 73.7 cm³/mol. The minimum Gasteiger partial charge on any atom is -0.300 e. The molecule has 1 saturated heterocycles. The standard InChI is InChI=1S/C14H20ClFN2/c15-6-8-18-11-9-17(10-12-18)7-5-13-3-1-2-4-14(13)16/h1-4H,5-12H2. The zero-order valence-electron chi connectivity index (χ0n) is 10.6. The topological polar surface area (TPSA) is 6.48 Å². The van der Waals surface area contributed by atoms with E-state index in [1.807, 2.05) is 12.1 Å². The van der Waals surface area contributed by atoms with Gasteiger partial charge in [0.1, 0.15) is 5.82 Å². The van der Waals surface area contributed by atoms with Crippen molar-refractivity contribution in [3.63, 3.8) is 0 Å². The van der Waals surface area contributed by atoms with Gasteiger partial charge in [-0.2, -0.15) is 0 Å². The first-order valence-electron chi connectivity index (χ1n) is 6.53. The van der Waals surface area contributed by atoms with E-state index < -0.39 is 0 Å². The van der Waals surface area contributed by atoms with E-state index in [1.165, 1.54) is 6.07 Å². The Hall–Kier alpha value is -0.640. The van der Waals surface area contributed by atoms with Crippen LogP contribution in [0, 0.1) is 5.82 Å². The number of benzene rings is 1. The molecule has 1 heterocycles. The second-order valence-electron chi connectivity index (χ2n) is 4.71. The Kier molecular flexibility index (Phi) is 5.42. The molecular formula is C14H20ClFN2. The highest BCUT2D eigenvalue weighted by molar-refractivity contribution is 6.18. The predicted octanol–water partition coefficient (Wildman–Crippen LogP) is 2.22. The molecule has 1 aliphatic rings. The molecule has 0 unspecified atom stereocenters. The van der Waals surface area contributed by atoms with Crippen LogP contribution in [-0.2, 0) is 6.42 Å². The summed E-state index contributed by atoms with van der Waals surface area (Å²) in [6.45, 7) is 6.18. The third-order valence-electron chi connectivity index (χ3n) is 3.52. The zero-order chi connectivity index (χ0) is 12.8. The van der Waals surface area contributed by atoms with Gasteiger partial charge in [-0.25, -0.2) is 4.39 Å². The van der Waals surface area contributed by atoms with E-state index in [9.17, 15) is 4.39 Å². The SMILES string of the molecule is Fc1ccccc1CCN1CCN(CCCl)CC1. The molecular weight excluding hydrogens is 251 g/mol. The molecule has 2 rings (SSSR count). The first-order chi connectivity index (χ1) is 8.79. The van der Waals surface area contributed by atoms with Crippen molar-refractivity contribution in [3.05, 3.63) is 35.6 Å². The summed E-state index contributed by atoms with van der Waals surface area (Å²) in [4.78, 5) is 4.78. The number of halogens is 2. The van der Waals surface area contributed by atoms with Crippen LogP contribution in [0.5, 0.6) is 0 Å². The fraction of sp³-hybridized carbons (Fsp3) is 0.571. The normalized spacial score (nSPS) is 18.1. The Morgan fingerprint density at radius 3 is 2.22 bits per heavy atom. The second-order valence-corrected chi connectivity index (χ2v) is 5.09. The highest BCUT2D eigenvalue weighted by Gasteiger charge is 2.16. The fourth-order valence-electron chi connectivity index (χ4n) is 2.34. The maximum atomic E-state index is 13.5. The van der Waals surface area contributed by atoms with Crippen molar-refractivity contribution in [2.45, 2.75) is 6.42 Å². The molecule has 1 aliphatic heterocycles. The summed E-state index contributed by atoms with van der Waals surface area (Å²) in [5.41, 5.74) is 0.820. The molecule has 0 amide bonds. The Morgan fingerprint density at radius 1 is 1.00 bits per heavy atom. The van der Waals surface area contributed by atoms with Crippen molar-refractivity contribution >= 4 is 11.6 Å². The van der Waals surface area contributed by atoms with Crippen LogP contribution in [0.25, 0.3) is 0 Å². The molecule has 0 spiro atoms. The molecule has 0 aromatic heterocycles. The van der Waals surface area contributed by atoms with Crippen LogP contribution < -0.4 is 0 Å². The monoisotopic (exact) mass is 270 g/mol. The van der Waals surface area contributed by atoms with E-state index in [0.717, 1.165) is 51.3 Å². The lowest BCUT2D eigenvalue weighted by Gasteiger charge is -2.34. The first kappa shape index (κ1) is 13.8. The maximum absolute atomic E-state index is 13.5. The molecule has 2 nitrogen and oxygen atoms in total. The van der Waals surface area contributed by atoms with Crippen LogP contribution in [0.1, 0.15) is 5.56 Å². The summed E-state index contributed by atoms with van der Waals surface area (Å²) in [5.74, 6) is 0.619. The van der Waals surface area contributed by atoms with E-state index in [-0.39, 0.29) is 5.82 Å². The first-order valence-corrected chi connectivity index (χ1v) is 7.07. The summed E-state index contributed by atoms with van der Waals surface area (Å²) in [6, 6.07) is 7.05. The van der Waals surface area contributed by atoms with Crippen LogP contribution in [0.15, 0.2) is 24.3 Å². The van der Waals surface area contributed by atoms with Crippen molar-refractivity contribution in [1.29, 1.82) is 0 Å². The number of nitrogens with zero attached hydrogens (tertiary/aromatic N) is 2. The van der Waals surface area contributed by atoms with Gasteiger partial charge in [0.2, 0.25) is 0 Å². The number of piperazine rings is 1.